The zero-order valence-corrected chi connectivity index (χ0v) is 10.9. The molecule has 0 bridgehead atoms. The van der Waals surface area contributed by atoms with E-state index in [1.165, 1.54) is 58.3 Å². The first-order valence-corrected chi connectivity index (χ1v) is 6.89. The summed E-state index contributed by atoms with van der Waals surface area (Å²) in [5.74, 6) is 0. The number of nitrogens with zero attached hydrogens (tertiary/aromatic N) is 2. The van der Waals surface area contributed by atoms with Crippen LogP contribution in [0.3, 0.4) is 0 Å². The molecule has 16 heavy (non-hydrogen) atoms. The van der Waals surface area contributed by atoms with Crippen LogP contribution in [0.4, 0.5) is 0 Å². The van der Waals surface area contributed by atoms with Crippen molar-refractivity contribution in [2.75, 3.05) is 40.3 Å². The van der Waals surface area contributed by atoms with Gasteiger partial charge in [0.2, 0.25) is 0 Å². The van der Waals surface area contributed by atoms with Gasteiger partial charge in [-0.15, -0.1) is 0 Å². The summed E-state index contributed by atoms with van der Waals surface area (Å²) in [6.45, 7) is 5.12. The minimum Gasteiger partial charge on any atom is -0.312 e. The normalized spacial score (nSPS) is 30.2. The number of unbranched alkanes of at least 4 members (excludes halogenated alkanes) is 1. The lowest BCUT2D eigenvalue weighted by Gasteiger charge is -2.21. The van der Waals surface area contributed by atoms with Crippen molar-refractivity contribution in [3.63, 3.8) is 0 Å². The minimum absolute atomic E-state index is 0.793. The largest absolute Gasteiger partial charge is 0.312 e. The lowest BCUT2D eigenvalue weighted by molar-refractivity contribution is 0.297. The molecule has 2 saturated heterocycles. The summed E-state index contributed by atoms with van der Waals surface area (Å²) < 4.78 is 0. The number of rotatable bonds is 6. The highest BCUT2D eigenvalue weighted by molar-refractivity contribution is 4.95. The summed E-state index contributed by atoms with van der Waals surface area (Å²) in [7, 11) is 4.31. The van der Waals surface area contributed by atoms with E-state index in [0.717, 1.165) is 12.1 Å². The molecule has 2 atom stereocenters. The van der Waals surface area contributed by atoms with Crippen LogP contribution in [0.5, 0.6) is 0 Å². The molecule has 1 N–H and O–H groups in total. The van der Waals surface area contributed by atoms with E-state index in [4.69, 9.17) is 0 Å². The molecule has 0 spiro atoms. The van der Waals surface area contributed by atoms with Gasteiger partial charge in [0.25, 0.3) is 0 Å². The summed E-state index contributed by atoms with van der Waals surface area (Å²) in [6.07, 6.45) is 6.86. The van der Waals surface area contributed by atoms with Crippen molar-refractivity contribution in [1.29, 1.82) is 0 Å². The Kier molecular flexibility index (Phi) is 4.62. The van der Waals surface area contributed by atoms with Crippen molar-refractivity contribution in [2.45, 2.75) is 44.2 Å². The van der Waals surface area contributed by atoms with Crippen molar-refractivity contribution in [1.82, 2.24) is 15.1 Å². The summed E-state index contributed by atoms with van der Waals surface area (Å²) in [4.78, 5) is 4.95. The Bertz CT molecular complexity index is 205. The molecular formula is C13H27N3. The van der Waals surface area contributed by atoms with Crippen molar-refractivity contribution < 1.29 is 0 Å². The molecule has 0 aromatic rings. The molecule has 3 nitrogen and oxygen atoms in total. The van der Waals surface area contributed by atoms with Gasteiger partial charge in [0, 0.05) is 18.6 Å². The van der Waals surface area contributed by atoms with Crippen molar-refractivity contribution in [3.8, 4) is 0 Å². The zero-order chi connectivity index (χ0) is 11.4. The predicted molar refractivity (Wildman–Crippen MR) is 68.8 cm³/mol. The fourth-order valence-corrected chi connectivity index (χ4v) is 3.16. The molecule has 2 aliphatic rings. The number of nitrogens with one attached hydrogen (secondary N) is 1. The van der Waals surface area contributed by atoms with Crippen LogP contribution in [0, 0.1) is 0 Å². The van der Waals surface area contributed by atoms with Gasteiger partial charge >= 0.3 is 0 Å². The molecule has 2 rings (SSSR count). The van der Waals surface area contributed by atoms with Gasteiger partial charge in [-0.1, -0.05) is 0 Å². The van der Waals surface area contributed by atoms with Gasteiger partial charge in [0.15, 0.2) is 0 Å². The molecule has 2 unspecified atom stereocenters. The highest BCUT2D eigenvalue weighted by Gasteiger charge is 2.36. The first-order valence-electron chi connectivity index (χ1n) is 6.89. The summed E-state index contributed by atoms with van der Waals surface area (Å²) in [5.41, 5.74) is 0. The van der Waals surface area contributed by atoms with Gasteiger partial charge in [-0.25, -0.2) is 0 Å². The van der Waals surface area contributed by atoms with E-state index in [1.54, 1.807) is 0 Å². The van der Waals surface area contributed by atoms with Crippen LogP contribution in [-0.2, 0) is 0 Å². The Morgan fingerprint density at radius 1 is 1.19 bits per heavy atom. The van der Waals surface area contributed by atoms with E-state index >= 15 is 0 Å². The quantitative estimate of drug-likeness (QED) is 0.684. The average molecular weight is 225 g/mol. The molecule has 2 aliphatic heterocycles. The van der Waals surface area contributed by atoms with Crippen LogP contribution in [0.25, 0.3) is 0 Å². The zero-order valence-electron chi connectivity index (χ0n) is 10.9. The van der Waals surface area contributed by atoms with E-state index in [0.29, 0.717) is 0 Å². The third-order valence-electron chi connectivity index (χ3n) is 4.04. The van der Waals surface area contributed by atoms with E-state index < -0.39 is 0 Å². The summed E-state index contributed by atoms with van der Waals surface area (Å²) in [5, 5.41) is 3.77. The third-order valence-corrected chi connectivity index (χ3v) is 4.04. The summed E-state index contributed by atoms with van der Waals surface area (Å²) >= 11 is 0. The lowest BCUT2D eigenvalue weighted by atomic mass is 10.1. The highest BCUT2D eigenvalue weighted by Crippen LogP contribution is 2.27. The van der Waals surface area contributed by atoms with E-state index in [9.17, 15) is 0 Å². The van der Waals surface area contributed by atoms with Gasteiger partial charge < -0.3 is 10.2 Å². The minimum atomic E-state index is 0.793. The molecule has 0 saturated carbocycles. The van der Waals surface area contributed by atoms with Crippen molar-refractivity contribution in [2.24, 2.45) is 0 Å². The number of fused-ring (bicyclic) bond motifs is 1. The number of hydrogen-bond donors (Lipinski definition) is 1. The second kappa shape index (κ2) is 5.99. The smallest absolute Gasteiger partial charge is 0.0250 e. The molecule has 94 valence electrons. The first kappa shape index (κ1) is 12.3. The van der Waals surface area contributed by atoms with Crippen molar-refractivity contribution in [3.05, 3.63) is 0 Å². The maximum absolute atomic E-state index is 3.77. The summed E-state index contributed by atoms with van der Waals surface area (Å²) in [6, 6.07) is 1.66. The molecular weight excluding hydrogens is 198 g/mol. The van der Waals surface area contributed by atoms with Crippen LogP contribution in [0.2, 0.25) is 0 Å². The third kappa shape index (κ3) is 3.19. The Labute approximate surface area is 100 Å². The standard InChI is InChI=1S/C13H27N3/c1-15(2)9-4-3-8-14-12-7-11-16-10-5-6-13(12)16/h12-14H,3-11H2,1-2H3. The molecule has 3 heteroatoms. The lowest BCUT2D eigenvalue weighted by Crippen LogP contribution is -2.39. The maximum atomic E-state index is 3.77. The van der Waals surface area contributed by atoms with Crippen LogP contribution in [-0.4, -0.2) is 62.2 Å². The van der Waals surface area contributed by atoms with Gasteiger partial charge in [-0.2, -0.15) is 0 Å². The molecule has 0 radical (unpaired) electrons. The monoisotopic (exact) mass is 225 g/mol. The second-order valence-electron chi connectivity index (χ2n) is 5.61. The molecule has 2 heterocycles. The Morgan fingerprint density at radius 3 is 2.88 bits per heavy atom. The Balaban J connectivity index is 1.56. The second-order valence-corrected chi connectivity index (χ2v) is 5.61. The highest BCUT2D eigenvalue weighted by atomic mass is 15.2. The molecule has 0 aromatic carbocycles. The molecule has 0 aliphatic carbocycles. The fraction of sp³-hybridized carbons (Fsp3) is 1.00. The van der Waals surface area contributed by atoms with Gasteiger partial charge in [-0.05, 0) is 65.8 Å². The fourth-order valence-electron chi connectivity index (χ4n) is 3.16. The number of hydrogen-bond acceptors (Lipinski definition) is 3. The van der Waals surface area contributed by atoms with Crippen LogP contribution >= 0.6 is 0 Å². The maximum Gasteiger partial charge on any atom is 0.0250 e. The topological polar surface area (TPSA) is 18.5 Å². The van der Waals surface area contributed by atoms with Crippen molar-refractivity contribution >= 4 is 0 Å². The average Bonchev–Trinajstić information content (AvgIpc) is 2.80. The Morgan fingerprint density at radius 2 is 2.06 bits per heavy atom. The van der Waals surface area contributed by atoms with Crippen LogP contribution in [0.1, 0.15) is 32.1 Å². The van der Waals surface area contributed by atoms with Crippen LogP contribution < -0.4 is 5.32 Å². The molecule has 2 fully saturated rings. The Hall–Kier alpha value is -0.120. The van der Waals surface area contributed by atoms with E-state index in [1.807, 2.05) is 0 Å². The SMILES string of the molecule is CN(C)CCCCNC1CCN2CCCC12. The van der Waals surface area contributed by atoms with E-state index in [-0.39, 0.29) is 0 Å². The predicted octanol–water partition coefficient (Wildman–Crippen LogP) is 1.15. The van der Waals surface area contributed by atoms with Gasteiger partial charge in [0.05, 0.1) is 0 Å². The van der Waals surface area contributed by atoms with E-state index in [2.05, 4.69) is 29.2 Å². The van der Waals surface area contributed by atoms with Crippen LogP contribution in [0.15, 0.2) is 0 Å². The molecule has 0 amide bonds. The van der Waals surface area contributed by atoms with Gasteiger partial charge in [0.1, 0.15) is 0 Å². The molecule has 0 aromatic heterocycles. The first-order chi connectivity index (χ1) is 7.77. The van der Waals surface area contributed by atoms with Gasteiger partial charge in [-0.3, -0.25) is 4.90 Å².